The molecule has 1 N–H and O–H groups in total. The highest BCUT2D eigenvalue weighted by Crippen LogP contribution is 2.18. The summed E-state index contributed by atoms with van der Waals surface area (Å²) in [6, 6.07) is 6.33. The molecule has 0 heterocycles. The van der Waals surface area contributed by atoms with Crippen molar-refractivity contribution >= 4 is 21.4 Å². The summed E-state index contributed by atoms with van der Waals surface area (Å²) in [6.45, 7) is 3.99. The number of hydrogen-bond acceptors (Lipinski definition) is 3. The van der Waals surface area contributed by atoms with Gasteiger partial charge in [-0.05, 0) is 31.2 Å². The largest absolute Gasteiger partial charge is 0.316 e. The van der Waals surface area contributed by atoms with Crippen molar-refractivity contribution in [3.8, 4) is 0 Å². The summed E-state index contributed by atoms with van der Waals surface area (Å²) >= 11 is 5.80. The van der Waals surface area contributed by atoms with Crippen molar-refractivity contribution in [2.75, 3.05) is 12.8 Å². The lowest BCUT2D eigenvalue weighted by Gasteiger charge is -2.20. The molecule has 0 aliphatic rings. The van der Waals surface area contributed by atoms with Crippen molar-refractivity contribution in [3.63, 3.8) is 0 Å². The lowest BCUT2D eigenvalue weighted by atomic mass is 10.1. The minimum Gasteiger partial charge on any atom is -0.316 e. The van der Waals surface area contributed by atoms with Crippen LogP contribution in [0.5, 0.6) is 0 Å². The molecule has 1 atom stereocenters. The van der Waals surface area contributed by atoms with Gasteiger partial charge >= 0.3 is 0 Å². The van der Waals surface area contributed by atoms with E-state index in [9.17, 15) is 8.42 Å². The van der Waals surface area contributed by atoms with Crippen LogP contribution in [0.25, 0.3) is 0 Å². The number of nitrogens with one attached hydrogen (secondary N) is 1. The second-order valence-corrected chi connectivity index (χ2v) is 6.85. The minimum absolute atomic E-state index is 0.0565. The number of benzene rings is 1. The number of hydrogen-bond donors (Lipinski definition) is 1. The van der Waals surface area contributed by atoms with E-state index >= 15 is 0 Å². The molecule has 0 aliphatic carbocycles. The Morgan fingerprint density at radius 1 is 1.35 bits per heavy atom. The molecule has 0 saturated heterocycles. The average Bonchev–Trinajstić information content (AvgIpc) is 2.25. The Hall–Kier alpha value is -0.580. The third kappa shape index (κ3) is 3.98. The van der Waals surface area contributed by atoms with Crippen LogP contribution in [0.2, 0.25) is 5.02 Å². The molecule has 0 saturated carbocycles. The summed E-state index contributed by atoms with van der Waals surface area (Å²) in [6.07, 6.45) is 0. The first-order chi connectivity index (χ1) is 7.86. The van der Waals surface area contributed by atoms with Gasteiger partial charge in [-0.25, -0.2) is 8.42 Å². The Morgan fingerprint density at radius 2 is 2.00 bits per heavy atom. The van der Waals surface area contributed by atoms with E-state index in [1.165, 1.54) is 6.07 Å². The monoisotopic (exact) mass is 275 g/mol. The molecule has 1 aromatic carbocycles. The summed E-state index contributed by atoms with van der Waals surface area (Å²) in [5, 5.41) is 3.47. The Labute approximate surface area is 108 Å². The van der Waals surface area contributed by atoms with E-state index in [0.717, 1.165) is 0 Å². The van der Waals surface area contributed by atoms with Crippen LogP contribution in [0.4, 0.5) is 0 Å². The molecule has 0 bridgehead atoms. The van der Waals surface area contributed by atoms with Crippen LogP contribution >= 0.6 is 11.6 Å². The fourth-order valence-corrected chi connectivity index (χ4v) is 3.67. The standard InChI is InChI=1S/C12H18ClNO2S/c1-9(2)12(14-3)8-17(15,16)11-6-4-5-10(13)7-11/h4-7,9,12,14H,8H2,1-3H3. The molecule has 1 rings (SSSR count). The first-order valence-electron chi connectivity index (χ1n) is 5.52. The molecule has 3 nitrogen and oxygen atoms in total. The molecule has 1 aromatic rings. The molecule has 0 radical (unpaired) electrons. The summed E-state index contributed by atoms with van der Waals surface area (Å²) in [5.41, 5.74) is 0. The van der Waals surface area contributed by atoms with Crippen LogP contribution in [-0.4, -0.2) is 27.3 Å². The number of sulfone groups is 1. The highest BCUT2D eigenvalue weighted by molar-refractivity contribution is 7.91. The van der Waals surface area contributed by atoms with Crippen molar-refractivity contribution < 1.29 is 8.42 Å². The highest BCUT2D eigenvalue weighted by Gasteiger charge is 2.22. The van der Waals surface area contributed by atoms with Crippen molar-refractivity contribution in [2.24, 2.45) is 5.92 Å². The second kappa shape index (κ2) is 5.85. The molecule has 0 fully saturated rings. The predicted octanol–water partition coefficient (Wildman–Crippen LogP) is 2.36. The van der Waals surface area contributed by atoms with Gasteiger partial charge < -0.3 is 5.32 Å². The zero-order chi connectivity index (χ0) is 13.1. The average molecular weight is 276 g/mol. The third-order valence-electron chi connectivity index (χ3n) is 2.73. The normalized spacial score (nSPS) is 13.9. The molecule has 96 valence electrons. The van der Waals surface area contributed by atoms with E-state index < -0.39 is 9.84 Å². The molecule has 1 unspecified atom stereocenters. The Kier molecular flexibility index (Phi) is 4.98. The Bertz CT molecular complexity index is 471. The SMILES string of the molecule is CNC(CS(=O)(=O)c1cccc(Cl)c1)C(C)C. The fourth-order valence-electron chi connectivity index (χ4n) is 1.60. The van der Waals surface area contributed by atoms with E-state index in [2.05, 4.69) is 5.32 Å². The molecule has 17 heavy (non-hydrogen) atoms. The third-order valence-corrected chi connectivity index (χ3v) is 4.73. The van der Waals surface area contributed by atoms with Gasteiger partial charge in [0.1, 0.15) is 0 Å². The molecular formula is C12H18ClNO2S. The van der Waals surface area contributed by atoms with Gasteiger partial charge in [0.15, 0.2) is 9.84 Å². The molecule has 5 heteroatoms. The van der Waals surface area contributed by atoms with E-state index in [4.69, 9.17) is 11.6 Å². The molecule has 0 aromatic heterocycles. The predicted molar refractivity (Wildman–Crippen MR) is 71.2 cm³/mol. The van der Waals surface area contributed by atoms with Crippen molar-refractivity contribution in [3.05, 3.63) is 29.3 Å². The number of halogens is 1. The molecule has 0 amide bonds. The quantitative estimate of drug-likeness (QED) is 0.897. The van der Waals surface area contributed by atoms with Gasteiger partial charge in [-0.15, -0.1) is 0 Å². The summed E-state index contributed by atoms with van der Waals surface area (Å²) in [5.74, 6) is 0.343. The maximum Gasteiger partial charge on any atom is 0.179 e. The van der Waals surface area contributed by atoms with Crippen LogP contribution in [0, 0.1) is 5.92 Å². The first-order valence-corrected chi connectivity index (χ1v) is 7.55. The van der Waals surface area contributed by atoms with Gasteiger partial charge in [0, 0.05) is 11.1 Å². The summed E-state index contributed by atoms with van der Waals surface area (Å²) in [4.78, 5) is 0.283. The Balaban J connectivity index is 2.96. The lowest BCUT2D eigenvalue weighted by molar-refractivity contribution is 0.455. The van der Waals surface area contributed by atoms with Crippen LogP contribution in [0.1, 0.15) is 13.8 Å². The van der Waals surface area contributed by atoms with Crippen molar-refractivity contribution in [1.82, 2.24) is 5.32 Å². The minimum atomic E-state index is -3.29. The topological polar surface area (TPSA) is 46.2 Å². The molecule has 0 spiro atoms. The zero-order valence-corrected chi connectivity index (χ0v) is 11.8. The fraction of sp³-hybridized carbons (Fsp3) is 0.500. The Morgan fingerprint density at radius 3 is 2.47 bits per heavy atom. The lowest BCUT2D eigenvalue weighted by Crippen LogP contribution is -2.37. The smallest absolute Gasteiger partial charge is 0.179 e. The maximum atomic E-state index is 12.2. The maximum absolute atomic E-state index is 12.2. The first kappa shape index (κ1) is 14.5. The highest BCUT2D eigenvalue weighted by atomic mass is 35.5. The van der Waals surface area contributed by atoms with E-state index in [1.54, 1.807) is 25.2 Å². The second-order valence-electron chi connectivity index (χ2n) is 4.38. The van der Waals surface area contributed by atoms with Crippen LogP contribution in [0.3, 0.4) is 0 Å². The molecular weight excluding hydrogens is 258 g/mol. The van der Waals surface area contributed by atoms with Crippen LogP contribution in [0.15, 0.2) is 29.2 Å². The van der Waals surface area contributed by atoms with E-state index in [1.807, 2.05) is 13.8 Å². The van der Waals surface area contributed by atoms with Gasteiger partial charge in [0.25, 0.3) is 0 Å². The summed E-state index contributed by atoms with van der Waals surface area (Å²) in [7, 11) is -1.51. The van der Waals surface area contributed by atoms with Crippen LogP contribution in [-0.2, 0) is 9.84 Å². The van der Waals surface area contributed by atoms with Crippen LogP contribution < -0.4 is 5.32 Å². The number of rotatable bonds is 5. The van der Waals surface area contributed by atoms with Gasteiger partial charge in [-0.2, -0.15) is 0 Å². The van der Waals surface area contributed by atoms with Gasteiger partial charge in [-0.1, -0.05) is 31.5 Å². The van der Waals surface area contributed by atoms with Gasteiger partial charge in [0.05, 0.1) is 10.6 Å². The summed E-state index contributed by atoms with van der Waals surface area (Å²) < 4.78 is 24.3. The van der Waals surface area contributed by atoms with Gasteiger partial charge in [0.2, 0.25) is 0 Å². The van der Waals surface area contributed by atoms with E-state index in [-0.39, 0.29) is 22.6 Å². The molecule has 0 aliphatic heterocycles. The van der Waals surface area contributed by atoms with Crippen molar-refractivity contribution in [2.45, 2.75) is 24.8 Å². The van der Waals surface area contributed by atoms with E-state index in [0.29, 0.717) is 5.02 Å². The van der Waals surface area contributed by atoms with Crippen molar-refractivity contribution in [1.29, 1.82) is 0 Å². The van der Waals surface area contributed by atoms with Gasteiger partial charge in [-0.3, -0.25) is 0 Å². The zero-order valence-electron chi connectivity index (χ0n) is 10.3.